The molecule has 0 unspecified atom stereocenters. The SMILES string of the molecule is CC(C)N1C(=O)C(=O)N(CC(=O)c2ccc3c(c2)CCCN3S(C)(=O)=O)C1=O. The molecule has 0 N–H and O–H groups in total. The maximum absolute atomic E-state index is 12.6. The van der Waals surface area contributed by atoms with Crippen molar-refractivity contribution >= 4 is 39.3 Å². The molecule has 1 aromatic rings. The number of amides is 4. The first-order valence-corrected chi connectivity index (χ1v) is 10.7. The Morgan fingerprint density at radius 1 is 1.14 bits per heavy atom. The van der Waals surface area contributed by atoms with Crippen molar-refractivity contribution in [1.82, 2.24) is 9.80 Å². The highest BCUT2D eigenvalue weighted by Gasteiger charge is 2.46. The number of carbonyl (C=O) groups excluding carboxylic acids is 4. The average Bonchev–Trinajstić information content (AvgIpc) is 2.83. The van der Waals surface area contributed by atoms with E-state index >= 15 is 0 Å². The second kappa shape index (κ2) is 7.01. The molecule has 1 aromatic carbocycles. The zero-order valence-corrected chi connectivity index (χ0v) is 16.7. The fourth-order valence-corrected chi connectivity index (χ4v) is 4.43. The van der Waals surface area contributed by atoms with Crippen LogP contribution < -0.4 is 4.31 Å². The predicted octanol–water partition coefficient (Wildman–Crippen LogP) is 0.781. The Kier molecular flexibility index (Phi) is 5.00. The molecular formula is C18H21N3O6S. The largest absolute Gasteiger partial charge is 0.334 e. The van der Waals surface area contributed by atoms with Crippen LogP contribution in [-0.4, -0.2) is 67.2 Å². The number of sulfonamides is 1. The van der Waals surface area contributed by atoms with E-state index in [1.165, 1.54) is 10.4 Å². The van der Waals surface area contributed by atoms with E-state index in [-0.39, 0.29) is 5.56 Å². The molecule has 3 rings (SSSR count). The van der Waals surface area contributed by atoms with Gasteiger partial charge in [0.15, 0.2) is 5.78 Å². The highest BCUT2D eigenvalue weighted by molar-refractivity contribution is 7.92. The van der Waals surface area contributed by atoms with Crippen molar-refractivity contribution in [3.05, 3.63) is 29.3 Å². The Morgan fingerprint density at radius 3 is 2.39 bits per heavy atom. The lowest BCUT2D eigenvalue weighted by atomic mass is 9.99. The summed E-state index contributed by atoms with van der Waals surface area (Å²) in [5, 5.41) is 0. The Balaban J connectivity index is 1.84. The number of carbonyl (C=O) groups is 4. The number of benzene rings is 1. The molecule has 9 nitrogen and oxygen atoms in total. The molecule has 2 aliphatic heterocycles. The van der Waals surface area contributed by atoms with Crippen molar-refractivity contribution in [2.75, 3.05) is 23.7 Å². The summed E-state index contributed by atoms with van der Waals surface area (Å²) in [6.07, 6.45) is 2.37. The normalized spacial score (nSPS) is 17.6. The summed E-state index contributed by atoms with van der Waals surface area (Å²) in [4.78, 5) is 50.4. The predicted molar refractivity (Wildman–Crippen MR) is 100 cm³/mol. The standard InChI is InChI=1S/C18H21N3O6S/c1-11(2)21-17(24)16(23)19(18(21)25)10-15(22)13-6-7-14-12(9-13)5-4-8-20(14)28(3,26)27/h6-7,9,11H,4-5,8,10H2,1-3H3. The van der Waals surface area contributed by atoms with Gasteiger partial charge in [-0.2, -0.15) is 0 Å². The van der Waals surface area contributed by atoms with Gasteiger partial charge in [-0.25, -0.2) is 18.1 Å². The number of anilines is 1. The molecule has 0 aliphatic carbocycles. The fraction of sp³-hybridized carbons (Fsp3) is 0.444. The van der Waals surface area contributed by atoms with Gasteiger partial charge in [0.05, 0.1) is 18.5 Å². The molecule has 0 atom stereocenters. The van der Waals surface area contributed by atoms with Crippen LogP contribution >= 0.6 is 0 Å². The van der Waals surface area contributed by atoms with Gasteiger partial charge in [0.25, 0.3) is 0 Å². The molecule has 1 saturated heterocycles. The van der Waals surface area contributed by atoms with Crippen molar-refractivity contribution in [3.8, 4) is 0 Å². The molecule has 0 saturated carbocycles. The summed E-state index contributed by atoms with van der Waals surface area (Å²) in [7, 11) is -3.42. The zero-order valence-electron chi connectivity index (χ0n) is 15.8. The molecule has 150 valence electrons. The summed E-state index contributed by atoms with van der Waals surface area (Å²) < 4.78 is 25.2. The van der Waals surface area contributed by atoms with Crippen LogP contribution in [0.4, 0.5) is 10.5 Å². The number of imide groups is 2. The van der Waals surface area contributed by atoms with Crippen molar-refractivity contribution in [1.29, 1.82) is 0 Å². The van der Waals surface area contributed by atoms with E-state index in [2.05, 4.69) is 0 Å². The topological polar surface area (TPSA) is 112 Å². The summed E-state index contributed by atoms with van der Waals surface area (Å²) in [5.74, 6) is -2.46. The van der Waals surface area contributed by atoms with Crippen molar-refractivity contribution < 1.29 is 27.6 Å². The first-order valence-electron chi connectivity index (χ1n) is 8.85. The quantitative estimate of drug-likeness (QED) is 0.405. The number of fused-ring (bicyclic) bond motifs is 1. The first-order chi connectivity index (χ1) is 13.0. The molecule has 1 fully saturated rings. The van der Waals surface area contributed by atoms with Crippen LogP contribution in [0.1, 0.15) is 36.2 Å². The van der Waals surface area contributed by atoms with E-state index in [1.807, 2.05) is 0 Å². The lowest BCUT2D eigenvalue weighted by molar-refractivity contribution is -0.143. The minimum atomic E-state index is -3.42. The number of hydrogen-bond donors (Lipinski definition) is 0. The van der Waals surface area contributed by atoms with E-state index < -0.39 is 46.2 Å². The molecule has 0 spiro atoms. The maximum atomic E-state index is 12.6. The molecule has 0 aromatic heterocycles. The Bertz CT molecular complexity index is 985. The second-order valence-electron chi connectivity index (χ2n) is 7.15. The molecule has 0 bridgehead atoms. The molecule has 2 aliphatic rings. The Labute approximate surface area is 162 Å². The van der Waals surface area contributed by atoms with Gasteiger partial charge in [-0.15, -0.1) is 0 Å². The summed E-state index contributed by atoms with van der Waals surface area (Å²) in [6.45, 7) is 3.04. The van der Waals surface area contributed by atoms with Gasteiger partial charge >= 0.3 is 17.8 Å². The maximum Gasteiger partial charge on any atom is 0.334 e. The van der Waals surface area contributed by atoms with E-state index in [4.69, 9.17) is 0 Å². The minimum absolute atomic E-state index is 0.255. The summed E-state index contributed by atoms with van der Waals surface area (Å²) in [5.41, 5.74) is 1.49. The number of rotatable bonds is 5. The van der Waals surface area contributed by atoms with Crippen molar-refractivity contribution in [2.45, 2.75) is 32.7 Å². The molecule has 0 radical (unpaired) electrons. The van der Waals surface area contributed by atoms with Gasteiger partial charge < -0.3 is 0 Å². The van der Waals surface area contributed by atoms with Crippen molar-refractivity contribution in [3.63, 3.8) is 0 Å². The zero-order chi connectivity index (χ0) is 20.8. The van der Waals surface area contributed by atoms with Crippen LogP contribution in [0.5, 0.6) is 0 Å². The van der Waals surface area contributed by atoms with E-state index in [1.54, 1.807) is 26.0 Å². The van der Waals surface area contributed by atoms with E-state index in [0.29, 0.717) is 35.5 Å². The van der Waals surface area contributed by atoms with Crippen LogP contribution in [0, 0.1) is 0 Å². The van der Waals surface area contributed by atoms with Gasteiger partial charge in [-0.1, -0.05) is 0 Å². The third-order valence-corrected chi connectivity index (χ3v) is 5.96. The highest BCUT2D eigenvalue weighted by Crippen LogP contribution is 2.30. The van der Waals surface area contributed by atoms with Gasteiger partial charge in [-0.05, 0) is 50.5 Å². The number of ketones is 1. The van der Waals surface area contributed by atoms with Gasteiger partial charge in [-0.3, -0.25) is 23.6 Å². The van der Waals surface area contributed by atoms with E-state index in [0.717, 1.165) is 11.2 Å². The second-order valence-corrected chi connectivity index (χ2v) is 9.05. The number of Topliss-reactive ketones (excluding diaryl/α,β-unsaturated/α-hetero) is 1. The van der Waals surface area contributed by atoms with Gasteiger partial charge in [0.2, 0.25) is 10.0 Å². The minimum Gasteiger partial charge on any atom is -0.292 e. The van der Waals surface area contributed by atoms with Gasteiger partial charge in [0.1, 0.15) is 0 Å². The molecular weight excluding hydrogens is 386 g/mol. The van der Waals surface area contributed by atoms with Crippen molar-refractivity contribution in [2.24, 2.45) is 0 Å². The summed E-state index contributed by atoms with van der Waals surface area (Å²) in [6, 6.07) is 3.32. The number of nitrogens with zero attached hydrogens (tertiary/aromatic N) is 3. The number of hydrogen-bond acceptors (Lipinski definition) is 6. The lowest BCUT2D eigenvalue weighted by Crippen LogP contribution is -2.39. The average molecular weight is 407 g/mol. The van der Waals surface area contributed by atoms with Crippen LogP contribution in [-0.2, 0) is 26.0 Å². The third-order valence-electron chi connectivity index (χ3n) is 4.78. The summed E-state index contributed by atoms with van der Waals surface area (Å²) >= 11 is 0. The number of urea groups is 1. The monoisotopic (exact) mass is 407 g/mol. The van der Waals surface area contributed by atoms with Crippen LogP contribution in [0.25, 0.3) is 0 Å². The third kappa shape index (κ3) is 3.39. The smallest absolute Gasteiger partial charge is 0.292 e. The van der Waals surface area contributed by atoms with Crippen LogP contribution in [0.3, 0.4) is 0 Å². The Morgan fingerprint density at radius 2 is 1.82 bits per heavy atom. The molecule has 2 heterocycles. The molecule has 4 amide bonds. The van der Waals surface area contributed by atoms with Crippen LogP contribution in [0.15, 0.2) is 18.2 Å². The number of aryl methyl sites for hydroxylation is 1. The van der Waals surface area contributed by atoms with Crippen LogP contribution in [0.2, 0.25) is 0 Å². The first kappa shape index (κ1) is 20.0. The van der Waals surface area contributed by atoms with Gasteiger partial charge in [0, 0.05) is 18.2 Å². The fourth-order valence-electron chi connectivity index (χ4n) is 3.43. The van der Waals surface area contributed by atoms with E-state index in [9.17, 15) is 27.6 Å². The molecule has 10 heteroatoms. The molecule has 28 heavy (non-hydrogen) atoms. The Hall–Kier alpha value is -2.75. The highest BCUT2D eigenvalue weighted by atomic mass is 32.2. The lowest BCUT2D eigenvalue weighted by Gasteiger charge is -2.29.